The summed E-state index contributed by atoms with van der Waals surface area (Å²) in [5.41, 5.74) is -0.485. The van der Waals surface area contributed by atoms with Gasteiger partial charge in [0.1, 0.15) is 18.1 Å². The fraction of sp³-hybridized carbons (Fsp3) is 0.552. The van der Waals surface area contributed by atoms with Gasteiger partial charge in [0.15, 0.2) is 0 Å². The van der Waals surface area contributed by atoms with Gasteiger partial charge in [-0.15, -0.1) is 0 Å². The lowest BCUT2D eigenvalue weighted by Gasteiger charge is -2.45. The lowest BCUT2D eigenvalue weighted by molar-refractivity contribution is -0.180. The Balaban J connectivity index is 1.44. The van der Waals surface area contributed by atoms with Crippen molar-refractivity contribution in [3.05, 3.63) is 35.9 Å². The molecule has 1 aromatic rings. The number of nitrogens with zero attached hydrogens (tertiary/aromatic N) is 3. The zero-order chi connectivity index (χ0) is 32.5. The van der Waals surface area contributed by atoms with Gasteiger partial charge in [-0.3, -0.25) is 28.9 Å². The van der Waals surface area contributed by atoms with Gasteiger partial charge in [0.25, 0.3) is 0 Å². The van der Waals surface area contributed by atoms with Crippen LogP contribution in [-0.4, -0.2) is 112 Å². The van der Waals surface area contributed by atoms with Gasteiger partial charge in [-0.2, -0.15) is 0 Å². The largest absolute Gasteiger partial charge is 0.427 e. The van der Waals surface area contributed by atoms with E-state index in [-0.39, 0.29) is 13.1 Å². The van der Waals surface area contributed by atoms with Crippen molar-refractivity contribution in [2.45, 2.75) is 64.9 Å². The third-order valence-corrected chi connectivity index (χ3v) is 8.01. The summed E-state index contributed by atoms with van der Waals surface area (Å²) in [4.78, 5) is 92.6. The van der Waals surface area contributed by atoms with Crippen LogP contribution in [0.4, 0.5) is 4.79 Å². The van der Waals surface area contributed by atoms with E-state index in [1.807, 2.05) is 0 Å². The van der Waals surface area contributed by atoms with Crippen LogP contribution in [0.15, 0.2) is 30.3 Å². The number of amides is 6. The molecule has 15 heteroatoms. The van der Waals surface area contributed by atoms with Crippen LogP contribution in [0.25, 0.3) is 0 Å². The number of nitrogens with one attached hydrogen (secondary N) is 2. The molecule has 1 unspecified atom stereocenters. The molecule has 0 radical (unpaired) electrons. The molecule has 44 heavy (non-hydrogen) atoms. The minimum Gasteiger partial charge on any atom is -0.427 e. The smallest absolute Gasteiger partial charge is 0.332 e. The van der Waals surface area contributed by atoms with Gasteiger partial charge in [-0.25, -0.2) is 9.59 Å². The molecule has 0 saturated carbocycles. The number of imide groups is 1. The monoisotopic (exact) mass is 615 g/mol. The fourth-order valence-corrected chi connectivity index (χ4v) is 5.44. The van der Waals surface area contributed by atoms with Gasteiger partial charge in [0.2, 0.25) is 18.6 Å². The summed E-state index contributed by atoms with van der Waals surface area (Å²) < 4.78 is 10.0. The van der Waals surface area contributed by atoms with Crippen LogP contribution in [-0.2, 0) is 38.2 Å². The lowest BCUT2D eigenvalue weighted by atomic mass is 9.91. The van der Waals surface area contributed by atoms with Gasteiger partial charge in [0, 0.05) is 25.6 Å². The van der Waals surface area contributed by atoms with Crippen LogP contribution in [0.5, 0.6) is 0 Å². The molecule has 0 aliphatic carbocycles. The van der Waals surface area contributed by atoms with E-state index in [2.05, 4.69) is 10.6 Å². The summed E-state index contributed by atoms with van der Waals surface area (Å²) in [5, 5.41) is 16.0. The van der Waals surface area contributed by atoms with Crippen molar-refractivity contribution in [3.63, 3.8) is 0 Å². The number of aliphatic hydroxyl groups is 1. The summed E-state index contributed by atoms with van der Waals surface area (Å²) in [6, 6.07) is 2.37. The molecular weight excluding hydrogens is 578 g/mol. The lowest BCUT2D eigenvalue weighted by Crippen LogP contribution is -2.73. The summed E-state index contributed by atoms with van der Waals surface area (Å²) in [6.45, 7) is 7.86. The van der Waals surface area contributed by atoms with E-state index in [0.717, 1.165) is 9.80 Å². The van der Waals surface area contributed by atoms with Crippen molar-refractivity contribution in [3.8, 4) is 0 Å². The minimum atomic E-state index is -1.37. The molecule has 1 aromatic carbocycles. The Labute approximate surface area is 253 Å². The molecule has 3 aliphatic rings. The van der Waals surface area contributed by atoms with E-state index in [0.29, 0.717) is 12.1 Å². The molecule has 3 fully saturated rings. The normalized spacial score (nSPS) is 25.5. The average Bonchev–Trinajstić information content (AvgIpc) is 3.22. The maximum Gasteiger partial charge on any atom is 0.332 e. The predicted molar refractivity (Wildman–Crippen MR) is 150 cm³/mol. The SMILES string of the molecule is CCN1CCN(C(=O)NC(C(=O)N[C@@H]2C(=O)N3[C@@H]2[C@@H](O)[C@H](C)[C@@H]3C(=O)OCOC(=O)C(C)(C)C)c2ccccc2)C(=O)C1=O. The van der Waals surface area contributed by atoms with Crippen LogP contribution in [0.2, 0.25) is 0 Å². The molecule has 0 spiro atoms. The molecule has 4 rings (SSSR count). The molecule has 3 N–H and O–H groups in total. The van der Waals surface area contributed by atoms with Crippen LogP contribution in [0.1, 0.15) is 46.2 Å². The van der Waals surface area contributed by atoms with Gasteiger partial charge in [-0.1, -0.05) is 37.3 Å². The number of esters is 2. The Kier molecular flexibility index (Phi) is 9.27. The van der Waals surface area contributed by atoms with Gasteiger partial charge < -0.3 is 35.0 Å². The topological polar surface area (TPSA) is 192 Å². The number of urea groups is 1. The number of aliphatic hydroxyl groups excluding tert-OH is 1. The molecule has 0 aromatic heterocycles. The maximum absolute atomic E-state index is 13.5. The second kappa shape index (κ2) is 12.6. The molecule has 3 heterocycles. The standard InChI is InChI=1S/C29H37N5O10/c1-6-32-12-13-33(25(39)24(32)38)28(42)31-17(16-10-8-7-9-11-16)22(36)30-18-20-21(35)15(2)19(34(20)23(18)37)26(40)43-14-44-27(41)29(3,4)5/h7-11,15,17-21,35H,6,12-14H2,1-5H3,(H,30,36)(H,31,42)/t15-,17?,18+,19-,20+,21+/m1/s1. The summed E-state index contributed by atoms with van der Waals surface area (Å²) in [7, 11) is 0. The van der Waals surface area contributed by atoms with E-state index in [1.165, 1.54) is 4.90 Å². The van der Waals surface area contributed by atoms with Gasteiger partial charge in [-0.05, 0) is 33.3 Å². The molecule has 3 aliphatic heterocycles. The first kappa shape index (κ1) is 32.4. The Bertz CT molecular complexity index is 1350. The molecule has 3 saturated heterocycles. The second-order valence-electron chi connectivity index (χ2n) is 11.9. The van der Waals surface area contributed by atoms with Crippen LogP contribution >= 0.6 is 0 Å². The number of hydrogen-bond acceptors (Lipinski definition) is 10. The third-order valence-electron chi connectivity index (χ3n) is 8.01. The number of piperazine rings is 1. The predicted octanol–water partition coefficient (Wildman–Crippen LogP) is -0.707. The maximum atomic E-state index is 13.5. The van der Waals surface area contributed by atoms with Crippen LogP contribution in [0.3, 0.4) is 0 Å². The van der Waals surface area contributed by atoms with Crippen LogP contribution < -0.4 is 10.6 Å². The van der Waals surface area contributed by atoms with Crippen molar-refractivity contribution in [1.29, 1.82) is 0 Å². The van der Waals surface area contributed by atoms with E-state index >= 15 is 0 Å². The zero-order valence-corrected chi connectivity index (χ0v) is 25.1. The Morgan fingerprint density at radius 1 is 1.02 bits per heavy atom. The first-order valence-electron chi connectivity index (χ1n) is 14.3. The van der Waals surface area contributed by atoms with E-state index in [9.17, 15) is 38.7 Å². The quantitative estimate of drug-likeness (QED) is 0.146. The molecule has 15 nitrogen and oxygen atoms in total. The van der Waals surface area contributed by atoms with Crippen molar-refractivity contribution in [2.75, 3.05) is 26.4 Å². The fourth-order valence-electron chi connectivity index (χ4n) is 5.44. The van der Waals surface area contributed by atoms with Crippen molar-refractivity contribution in [1.82, 2.24) is 25.3 Å². The number of fused-ring (bicyclic) bond motifs is 1. The summed E-state index contributed by atoms with van der Waals surface area (Å²) >= 11 is 0. The zero-order valence-electron chi connectivity index (χ0n) is 25.1. The van der Waals surface area contributed by atoms with E-state index < -0.39 is 90.0 Å². The highest BCUT2D eigenvalue weighted by atomic mass is 16.7. The van der Waals surface area contributed by atoms with E-state index in [4.69, 9.17) is 9.47 Å². The highest BCUT2D eigenvalue weighted by molar-refractivity contribution is 6.38. The summed E-state index contributed by atoms with van der Waals surface area (Å²) in [6.07, 6.45) is -1.21. The molecule has 6 atom stereocenters. The van der Waals surface area contributed by atoms with E-state index in [1.54, 1.807) is 65.0 Å². The van der Waals surface area contributed by atoms with Crippen molar-refractivity contribution in [2.24, 2.45) is 11.3 Å². The summed E-state index contributed by atoms with van der Waals surface area (Å²) in [5.74, 6) is -5.57. The number of ether oxygens (including phenoxy) is 2. The van der Waals surface area contributed by atoms with Crippen molar-refractivity contribution < 1.29 is 48.1 Å². The van der Waals surface area contributed by atoms with Crippen LogP contribution in [0, 0.1) is 11.3 Å². The molecular formula is C29H37N5O10. The number of β-lactam (4-membered cyclic amide) rings is 1. The van der Waals surface area contributed by atoms with Gasteiger partial charge >= 0.3 is 29.8 Å². The first-order chi connectivity index (χ1) is 20.7. The van der Waals surface area contributed by atoms with Crippen molar-refractivity contribution >= 4 is 41.6 Å². The minimum absolute atomic E-state index is 0.0670. The molecule has 238 valence electrons. The molecule has 6 amide bonds. The third kappa shape index (κ3) is 6.09. The highest BCUT2D eigenvalue weighted by Crippen LogP contribution is 2.40. The number of carbonyl (C=O) groups is 7. The first-order valence-corrected chi connectivity index (χ1v) is 14.3. The Hall–Kier alpha value is -4.53. The highest BCUT2D eigenvalue weighted by Gasteiger charge is 2.64. The van der Waals surface area contributed by atoms with Gasteiger partial charge in [0.05, 0.1) is 17.6 Å². The second-order valence-corrected chi connectivity index (χ2v) is 11.9. The number of rotatable bonds is 8. The number of likely N-dealkylation sites (N-methyl/N-ethyl adjacent to an activating group) is 1. The Morgan fingerprint density at radius 2 is 1.68 bits per heavy atom. The number of carbonyl (C=O) groups excluding carboxylic acids is 7. The molecule has 0 bridgehead atoms. The number of hydrogen-bond donors (Lipinski definition) is 3. The Morgan fingerprint density at radius 3 is 2.30 bits per heavy atom. The average molecular weight is 616 g/mol. The number of benzene rings is 1.